The second-order valence-corrected chi connectivity index (χ2v) is 5.74. The van der Waals surface area contributed by atoms with E-state index in [1.165, 1.54) is 0 Å². The average Bonchev–Trinajstić information content (AvgIpc) is 2.52. The fraction of sp³-hybridized carbons (Fsp3) is 0.571. The first-order chi connectivity index (χ1) is 11.9. The van der Waals surface area contributed by atoms with Crippen LogP contribution in [0.4, 0.5) is 45.2 Å². The standard InChI is InChI=1S/C14H12F9NO3/c1-10(27-2,8-5-3-4-6-9(8)24(25)26)7-11(15,16)12(17,18)13(19,20)14(21,22)23/h3-6H,7H2,1-2H3. The van der Waals surface area contributed by atoms with Crippen molar-refractivity contribution in [2.75, 3.05) is 7.11 Å². The average molecular weight is 413 g/mol. The van der Waals surface area contributed by atoms with Gasteiger partial charge in [0.25, 0.3) is 5.69 Å². The van der Waals surface area contributed by atoms with E-state index in [-0.39, 0.29) is 0 Å². The molecule has 0 bridgehead atoms. The highest BCUT2D eigenvalue weighted by Gasteiger charge is 2.82. The third-order valence-corrected chi connectivity index (χ3v) is 3.89. The van der Waals surface area contributed by atoms with Crippen LogP contribution in [0.3, 0.4) is 0 Å². The number of methoxy groups -OCH3 is 1. The number of benzene rings is 1. The summed E-state index contributed by atoms with van der Waals surface area (Å²) in [6, 6.07) is 3.81. The number of hydrogen-bond acceptors (Lipinski definition) is 3. The van der Waals surface area contributed by atoms with Gasteiger partial charge in [-0.3, -0.25) is 10.1 Å². The maximum absolute atomic E-state index is 13.9. The minimum atomic E-state index is -7.05. The van der Waals surface area contributed by atoms with Crippen LogP contribution in [-0.2, 0) is 10.3 Å². The highest BCUT2D eigenvalue weighted by Crippen LogP contribution is 2.56. The summed E-state index contributed by atoms with van der Waals surface area (Å²) in [5.41, 5.74) is -4.26. The molecule has 27 heavy (non-hydrogen) atoms. The largest absolute Gasteiger partial charge is 0.460 e. The van der Waals surface area contributed by atoms with E-state index in [1.54, 1.807) is 0 Å². The predicted octanol–water partition coefficient (Wildman–Crippen LogP) is 5.31. The summed E-state index contributed by atoms with van der Waals surface area (Å²) < 4.78 is 122. The Labute approximate surface area is 146 Å². The first-order valence-electron chi connectivity index (χ1n) is 6.94. The molecule has 1 unspecified atom stereocenters. The lowest BCUT2D eigenvalue weighted by atomic mass is 9.85. The van der Waals surface area contributed by atoms with Crippen LogP contribution in [-0.4, -0.2) is 36.0 Å². The Balaban J connectivity index is 3.47. The van der Waals surface area contributed by atoms with E-state index < -0.39 is 52.1 Å². The first kappa shape index (κ1) is 23.0. The van der Waals surface area contributed by atoms with E-state index in [4.69, 9.17) is 0 Å². The van der Waals surface area contributed by atoms with Crippen molar-refractivity contribution in [3.8, 4) is 0 Å². The number of nitro groups is 1. The molecule has 0 aliphatic heterocycles. The van der Waals surface area contributed by atoms with Gasteiger partial charge >= 0.3 is 23.9 Å². The molecule has 0 saturated carbocycles. The van der Waals surface area contributed by atoms with Crippen LogP contribution in [0.2, 0.25) is 0 Å². The molecule has 0 aromatic heterocycles. The monoisotopic (exact) mass is 413 g/mol. The number of para-hydroxylation sites is 1. The summed E-state index contributed by atoms with van der Waals surface area (Å²) in [6.45, 7) is 0.630. The van der Waals surface area contributed by atoms with Gasteiger partial charge in [0.1, 0.15) is 5.60 Å². The molecule has 1 aromatic rings. The van der Waals surface area contributed by atoms with Gasteiger partial charge in [-0.05, 0) is 13.0 Å². The van der Waals surface area contributed by atoms with Gasteiger partial charge in [0.05, 0.1) is 16.9 Å². The molecule has 0 aliphatic rings. The number of nitrogens with zero attached hydrogens (tertiary/aromatic N) is 1. The Morgan fingerprint density at radius 1 is 0.963 bits per heavy atom. The topological polar surface area (TPSA) is 52.4 Å². The molecular weight excluding hydrogens is 401 g/mol. The van der Waals surface area contributed by atoms with E-state index in [9.17, 15) is 49.6 Å². The Morgan fingerprint density at radius 3 is 1.85 bits per heavy atom. The zero-order chi connectivity index (χ0) is 21.5. The van der Waals surface area contributed by atoms with Crippen LogP contribution in [0.5, 0.6) is 0 Å². The van der Waals surface area contributed by atoms with Gasteiger partial charge in [-0.1, -0.05) is 12.1 Å². The summed E-state index contributed by atoms with van der Waals surface area (Å²) in [6.07, 6.45) is -9.35. The van der Waals surface area contributed by atoms with Crippen LogP contribution >= 0.6 is 0 Å². The van der Waals surface area contributed by atoms with E-state index in [1.807, 2.05) is 0 Å². The van der Waals surface area contributed by atoms with Crippen molar-refractivity contribution in [3.05, 3.63) is 39.9 Å². The minimum Gasteiger partial charge on any atom is -0.373 e. The van der Waals surface area contributed by atoms with E-state index in [2.05, 4.69) is 4.74 Å². The van der Waals surface area contributed by atoms with Crippen LogP contribution in [0.1, 0.15) is 18.9 Å². The van der Waals surface area contributed by atoms with Gasteiger partial charge < -0.3 is 4.74 Å². The highest BCUT2D eigenvalue weighted by molar-refractivity contribution is 5.44. The smallest absolute Gasteiger partial charge is 0.373 e. The number of halogens is 9. The van der Waals surface area contributed by atoms with Crippen molar-refractivity contribution in [3.63, 3.8) is 0 Å². The van der Waals surface area contributed by atoms with Gasteiger partial charge in [-0.25, -0.2) is 0 Å². The molecule has 0 radical (unpaired) electrons. The third-order valence-electron chi connectivity index (χ3n) is 3.89. The lowest BCUT2D eigenvalue weighted by Crippen LogP contribution is -2.62. The Hall–Kier alpha value is -2.05. The molecule has 13 heteroatoms. The third kappa shape index (κ3) is 3.82. The predicted molar refractivity (Wildman–Crippen MR) is 73.0 cm³/mol. The summed E-state index contributed by atoms with van der Waals surface area (Å²) >= 11 is 0. The van der Waals surface area contributed by atoms with E-state index >= 15 is 0 Å². The first-order valence-corrected chi connectivity index (χ1v) is 6.94. The van der Waals surface area contributed by atoms with E-state index in [0.29, 0.717) is 14.0 Å². The maximum Gasteiger partial charge on any atom is 0.460 e. The number of hydrogen-bond donors (Lipinski definition) is 0. The molecule has 0 spiro atoms. The van der Waals surface area contributed by atoms with Crippen LogP contribution < -0.4 is 0 Å². The zero-order valence-electron chi connectivity index (χ0n) is 13.6. The molecule has 1 rings (SSSR count). The normalized spacial score (nSPS) is 16.1. The Morgan fingerprint density at radius 2 is 1.44 bits per heavy atom. The quantitative estimate of drug-likeness (QED) is 0.346. The molecule has 0 N–H and O–H groups in total. The molecule has 0 amide bonds. The van der Waals surface area contributed by atoms with Crippen molar-refractivity contribution in [1.82, 2.24) is 0 Å². The van der Waals surface area contributed by atoms with Gasteiger partial charge in [0.15, 0.2) is 0 Å². The van der Waals surface area contributed by atoms with Crippen molar-refractivity contribution >= 4 is 5.69 Å². The summed E-state index contributed by atoms with van der Waals surface area (Å²) in [5, 5.41) is 11.0. The second-order valence-electron chi connectivity index (χ2n) is 5.74. The maximum atomic E-state index is 13.9. The van der Waals surface area contributed by atoms with Gasteiger partial charge in [-0.2, -0.15) is 39.5 Å². The van der Waals surface area contributed by atoms with Gasteiger partial charge in [0, 0.05) is 13.2 Å². The van der Waals surface area contributed by atoms with Crippen molar-refractivity contribution in [2.45, 2.75) is 42.9 Å². The Kier molecular flexibility index (Phi) is 5.82. The summed E-state index contributed by atoms with van der Waals surface area (Å²) in [5.74, 6) is -19.8. The number of ether oxygens (including phenoxy) is 1. The molecule has 0 heterocycles. The fourth-order valence-corrected chi connectivity index (χ4v) is 2.30. The SMILES string of the molecule is COC(C)(CC(F)(F)C(F)(F)C(F)(F)C(F)(F)F)c1ccccc1[N+](=O)[O-]. The van der Waals surface area contributed by atoms with Crippen LogP contribution in [0.15, 0.2) is 24.3 Å². The molecule has 4 nitrogen and oxygen atoms in total. The fourth-order valence-electron chi connectivity index (χ4n) is 2.30. The number of rotatable bonds is 7. The molecule has 1 atom stereocenters. The van der Waals surface area contributed by atoms with Crippen molar-refractivity contribution in [2.24, 2.45) is 0 Å². The van der Waals surface area contributed by atoms with Crippen molar-refractivity contribution < 1.29 is 49.2 Å². The summed E-state index contributed by atoms with van der Waals surface area (Å²) in [4.78, 5) is 9.91. The molecule has 0 fully saturated rings. The Bertz CT molecular complexity index is 705. The molecule has 1 aromatic carbocycles. The van der Waals surface area contributed by atoms with Crippen LogP contribution in [0.25, 0.3) is 0 Å². The zero-order valence-corrected chi connectivity index (χ0v) is 13.6. The molecule has 0 saturated heterocycles. The van der Waals surface area contributed by atoms with Gasteiger partial charge in [0.2, 0.25) is 0 Å². The minimum absolute atomic E-state index is 0.630. The lowest BCUT2D eigenvalue weighted by Gasteiger charge is -2.38. The highest BCUT2D eigenvalue weighted by atomic mass is 19.4. The molecular formula is C14H12F9NO3. The molecule has 154 valence electrons. The lowest BCUT2D eigenvalue weighted by molar-refractivity contribution is -0.401. The van der Waals surface area contributed by atoms with Crippen LogP contribution in [0, 0.1) is 10.1 Å². The number of nitro benzene ring substituents is 1. The molecule has 0 aliphatic carbocycles. The summed E-state index contributed by atoms with van der Waals surface area (Å²) in [7, 11) is 0.660. The number of alkyl halides is 9. The van der Waals surface area contributed by atoms with E-state index in [0.717, 1.165) is 24.3 Å². The van der Waals surface area contributed by atoms with Crippen molar-refractivity contribution in [1.29, 1.82) is 0 Å². The van der Waals surface area contributed by atoms with Gasteiger partial charge in [-0.15, -0.1) is 0 Å². The second kappa shape index (κ2) is 6.84.